The highest BCUT2D eigenvalue weighted by Gasteiger charge is 2.18. The highest BCUT2D eigenvalue weighted by molar-refractivity contribution is 5.70. The first kappa shape index (κ1) is 42.9. The quantitative estimate of drug-likeness (QED) is 0.0309. The highest BCUT2D eigenvalue weighted by atomic mass is 16.6. The fourth-order valence-corrected chi connectivity index (χ4v) is 5.20. The van der Waals surface area contributed by atoms with E-state index in [1.165, 1.54) is 96.8 Å². The molecule has 0 radical (unpaired) electrons. The van der Waals surface area contributed by atoms with Crippen molar-refractivity contribution < 1.29 is 28.6 Å². The minimum Gasteiger partial charge on any atom is -0.462 e. The lowest BCUT2D eigenvalue weighted by Gasteiger charge is -2.17. The Morgan fingerprint density at radius 1 is 0.489 bits per heavy atom. The van der Waals surface area contributed by atoms with Crippen LogP contribution in [-0.2, 0) is 28.6 Å². The van der Waals surface area contributed by atoms with Crippen molar-refractivity contribution in [1.82, 2.24) is 0 Å². The van der Waals surface area contributed by atoms with Crippen molar-refractivity contribution in [2.75, 3.05) is 13.2 Å². The van der Waals surface area contributed by atoms with Crippen LogP contribution in [-0.4, -0.2) is 37.2 Å². The number of ether oxygens (including phenoxy) is 3. The van der Waals surface area contributed by atoms with E-state index in [0.717, 1.165) is 64.2 Å². The summed E-state index contributed by atoms with van der Waals surface area (Å²) in [6, 6.07) is 0. The smallest absolute Gasteiger partial charge is 0.306 e. The summed E-state index contributed by atoms with van der Waals surface area (Å²) in [5.74, 6) is -1.09. The minimum atomic E-state index is -0.769. The summed E-state index contributed by atoms with van der Waals surface area (Å²) < 4.78 is 15.9. The first-order valence-corrected chi connectivity index (χ1v) is 18.8. The molecular formula is C39H70O6. The molecule has 0 amide bonds. The van der Waals surface area contributed by atoms with Crippen LogP contribution in [0.25, 0.3) is 0 Å². The van der Waals surface area contributed by atoms with Crippen LogP contribution in [0.5, 0.6) is 0 Å². The van der Waals surface area contributed by atoms with Crippen LogP contribution in [0.4, 0.5) is 0 Å². The summed E-state index contributed by atoms with van der Waals surface area (Å²) in [4.78, 5) is 35.9. The third-order valence-corrected chi connectivity index (χ3v) is 8.02. The molecule has 0 saturated carbocycles. The van der Waals surface area contributed by atoms with Crippen molar-refractivity contribution >= 4 is 17.9 Å². The second-order valence-electron chi connectivity index (χ2n) is 12.6. The number of esters is 3. The van der Waals surface area contributed by atoms with Crippen LogP contribution in [0.2, 0.25) is 0 Å². The SMILES string of the molecule is CCCCC/C=C/C/C=C/CCCCCCCC(=O)OC(COC(C)=O)COC(=O)CCCCCCCCCCCCCCC. The number of rotatable bonds is 33. The number of unbranched alkanes of at least 4 members (excludes halogenated alkanes) is 20. The molecule has 0 rings (SSSR count). The Morgan fingerprint density at radius 2 is 0.889 bits per heavy atom. The molecular weight excluding hydrogens is 564 g/mol. The average Bonchev–Trinajstić information content (AvgIpc) is 3.02. The largest absolute Gasteiger partial charge is 0.462 e. The maximum Gasteiger partial charge on any atom is 0.306 e. The van der Waals surface area contributed by atoms with Gasteiger partial charge in [-0.15, -0.1) is 0 Å². The molecule has 0 aromatic heterocycles. The summed E-state index contributed by atoms with van der Waals surface area (Å²) in [6.45, 7) is 5.61. The van der Waals surface area contributed by atoms with Crippen LogP contribution in [0.15, 0.2) is 24.3 Å². The molecule has 1 atom stereocenters. The van der Waals surface area contributed by atoms with Gasteiger partial charge < -0.3 is 14.2 Å². The van der Waals surface area contributed by atoms with E-state index < -0.39 is 12.1 Å². The van der Waals surface area contributed by atoms with Gasteiger partial charge in [-0.2, -0.15) is 0 Å². The topological polar surface area (TPSA) is 78.9 Å². The molecule has 0 N–H and O–H groups in total. The highest BCUT2D eigenvalue weighted by Crippen LogP contribution is 2.14. The zero-order valence-corrected chi connectivity index (χ0v) is 29.6. The third-order valence-electron chi connectivity index (χ3n) is 8.02. The molecule has 0 bridgehead atoms. The second kappa shape index (κ2) is 34.8. The van der Waals surface area contributed by atoms with E-state index in [-0.39, 0.29) is 25.2 Å². The minimum absolute atomic E-state index is 0.0849. The number of hydrogen-bond donors (Lipinski definition) is 0. The predicted molar refractivity (Wildman–Crippen MR) is 187 cm³/mol. The molecule has 0 aliphatic carbocycles. The van der Waals surface area contributed by atoms with Gasteiger partial charge in [0, 0.05) is 19.8 Å². The van der Waals surface area contributed by atoms with Gasteiger partial charge in [-0.3, -0.25) is 14.4 Å². The molecule has 0 spiro atoms. The molecule has 0 aliphatic heterocycles. The third kappa shape index (κ3) is 34.6. The average molecular weight is 635 g/mol. The molecule has 45 heavy (non-hydrogen) atoms. The Kier molecular flexibility index (Phi) is 33.1. The van der Waals surface area contributed by atoms with E-state index in [4.69, 9.17) is 14.2 Å². The van der Waals surface area contributed by atoms with Crippen LogP contribution >= 0.6 is 0 Å². The fraction of sp³-hybridized carbons (Fsp3) is 0.821. The first-order valence-electron chi connectivity index (χ1n) is 18.8. The van der Waals surface area contributed by atoms with Crippen LogP contribution in [0.1, 0.15) is 188 Å². The second-order valence-corrected chi connectivity index (χ2v) is 12.6. The van der Waals surface area contributed by atoms with E-state index in [9.17, 15) is 14.4 Å². The molecule has 0 aromatic rings. The van der Waals surface area contributed by atoms with Gasteiger partial charge in [0.15, 0.2) is 6.10 Å². The van der Waals surface area contributed by atoms with Gasteiger partial charge in [0.25, 0.3) is 0 Å². The summed E-state index contributed by atoms with van der Waals surface area (Å²) in [5, 5.41) is 0. The van der Waals surface area contributed by atoms with E-state index in [1.54, 1.807) is 0 Å². The summed E-state index contributed by atoms with van der Waals surface area (Å²) in [5.41, 5.74) is 0. The van der Waals surface area contributed by atoms with Crippen molar-refractivity contribution in [2.24, 2.45) is 0 Å². The lowest BCUT2D eigenvalue weighted by molar-refractivity contribution is -0.166. The predicted octanol–water partition coefficient (Wildman–Crippen LogP) is 11.3. The van der Waals surface area contributed by atoms with E-state index in [1.807, 2.05) is 0 Å². The Bertz CT molecular complexity index is 744. The van der Waals surface area contributed by atoms with E-state index in [2.05, 4.69) is 38.2 Å². The Labute approximate surface area is 277 Å². The van der Waals surface area contributed by atoms with Gasteiger partial charge in [0.05, 0.1) is 0 Å². The number of allylic oxidation sites excluding steroid dienone is 4. The van der Waals surface area contributed by atoms with Gasteiger partial charge in [-0.25, -0.2) is 0 Å². The lowest BCUT2D eigenvalue weighted by Crippen LogP contribution is -2.30. The maximum absolute atomic E-state index is 12.4. The number of carbonyl (C=O) groups is 3. The van der Waals surface area contributed by atoms with Gasteiger partial charge >= 0.3 is 17.9 Å². The molecule has 0 aromatic carbocycles. The van der Waals surface area contributed by atoms with Crippen molar-refractivity contribution in [1.29, 1.82) is 0 Å². The Hall–Kier alpha value is -2.11. The molecule has 6 nitrogen and oxygen atoms in total. The fourth-order valence-electron chi connectivity index (χ4n) is 5.20. The van der Waals surface area contributed by atoms with Gasteiger partial charge in [-0.1, -0.05) is 147 Å². The van der Waals surface area contributed by atoms with Crippen molar-refractivity contribution in [3.05, 3.63) is 24.3 Å². The summed E-state index contributed by atoms with van der Waals surface area (Å²) >= 11 is 0. The Balaban J connectivity index is 3.89. The molecule has 0 saturated heterocycles. The van der Waals surface area contributed by atoms with Crippen LogP contribution < -0.4 is 0 Å². The van der Waals surface area contributed by atoms with E-state index in [0.29, 0.717) is 12.8 Å². The first-order chi connectivity index (χ1) is 22.0. The summed E-state index contributed by atoms with van der Waals surface area (Å²) in [6.07, 6.45) is 37.6. The standard InChI is InChI=1S/C39H70O6/c1-4-6-8-10-12-14-16-18-19-21-23-25-27-29-31-33-39(42)45-37(34-43-36(3)40)35-44-38(41)32-30-28-26-24-22-20-17-15-13-11-9-7-5-2/h12,14,18-19,37H,4-11,13,15-17,20-35H2,1-3H3/b14-12+,19-18+. The van der Waals surface area contributed by atoms with Gasteiger partial charge in [0.1, 0.15) is 13.2 Å². The Morgan fingerprint density at radius 3 is 1.40 bits per heavy atom. The number of carbonyl (C=O) groups excluding carboxylic acids is 3. The normalized spacial score (nSPS) is 12.2. The molecule has 262 valence electrons. The molecule has 1 unspecified atom stereocenters. The van der Waals surface area contributed by atoms with Gasteiger partial charge in [-0.05, 0) is 44.9 Å². The monoisotopic (exact) mass is 635 g/mol. The summed E-state index contributed by atoms with van der Waals surface area (Å²) in [7, 11) is 0. The van der Waals surface area contributed by atoms with E-state index >= 15 is 0 Å². The van der Waals surface area contributed by atoms with Crippen molar-refractivity contribution in [2.45, 2.75) is 194 Å². The molecule has 0 heterocycles. The van der Waals surface area contributed by atoms with Crippen molar-refractivity contribution in [3.8, 4) is 0 Å². The van der Waals surface area contributed by atoms with Crippen LogP contribution in [0.3, 0.4) is 0 Å². The zero-order chi connectivity index (χ0) is 33.1. The van der Waals surface area contributed by atoms with Crippen LogP contribution in [0, 0.1) is 0 Å². The lowest BCUT2D eigenvalue weighted by atomic mass is 10.0. The number of hydrogen-bond acceptors (Lipinski definition) is 6. The molecule has 0 aliphatic rings. The molecule has 6 heteroatoms. The zero-order valence-electron chi connectivity index (χ0n) is 29.6. The van der Waals surface area contributed by atoms with Gasteiger partial charge in [0.2, 0.25) is 0 Å². The van der Waals surface area contributed by atoms with Crippen molar-refractivity contribution in [3.63, 3.8) is 0 Å². The maximum atomic E-state index is 12.4. The molecule has 0 fully saturated rings.